The van der Waals surface area contributed by atoms with Gasteiger partial charge in [0.05, 0.1) is 0 Å². The maximum atomic E-state index is 7.00. The summed E-state index contributed by atoms with van der Waals surface area (Å²) in [5.41, 5.74) is 1.55. The first kappa shape index (κ1) is 19.0. The second kappa shape index (κ2) is 13.7. The Morgan fingerprint density at radius 2 is 1.94 bits per heavy atom. The molecule has 0 bridgehead atoms. The quantitative estimate of drug-likeness (QED) is 0.597. The van der Waals surface area contributed by atoms with E-state index < -0.39 is 0 Å². The summed E-state index contributed by atoms with van der Waals surface area (Å²) >= 11 is 0. The van der Waals surface area contributed by atoms with E-state index in [9.17, 15) is 0 Å². The van der Waals surface area contributed by atoms with Gasteiger partial charge in [-0.1, -0.05) is 39.3 Å². The molecule has 0 saturated heterocycles. The lowest BCUT2D eigenvalue weighted by atomic mass is 9.83. The molecule has 0 aromatic rings. The van der Waals surface area contributed by atoms with Crippen molar-refractivity contribution in [3.63, 3.8) is 0 Å². The van der Waals surface area contributed by atoms with Crippen LogP contribution in [0.25, 0.3) is 0 Å². The molecular weight excluding hydrogens is 212 g/mol. The van der Waals surface area contributed by atoms with Gasteiger partial charge in [-0.25, -0.2) is 0 Å². The lowest BCUT2D eigenvalue weighted by molar-refractivity contribution is 0.0820. The highest BCUT2D eigenvalue weighted by molar-refractivity contribution is 5.05. The molecule has 0 aromatic heterocycles. The summed E-state index contributed by atoms with van der Waals surface area (Å²) in [5.74, 6) is 1.47. The highest BCUT2D eigenvalue weighted by Gasteiger charge is 2.19. The van der Waals surface area contributed by atoms with Crippen molar-refractivity contribution in [3.8, 4) is 0 Å². The van der Waals surface area contributed by atoms with Crippen LogP contribution < -0.4 is 0 Å². The van der Waals surface area contributed by atoms with E-state index in [0.29, 0.717) is 5.92 Å². The van der Waals surface area contributed by atoms with Crippen LogP contribution in [0, 0.1) is 11.8 Å². The molecule has 0 heterocycles. The molecule has 1 unspecified atom stereocenters. The molecule has 1 aliphatic carbocycles. The Morgan fingerprint density at radius 3 is 2.41 bits per heavy atom. The fourth-order valence-electron chi connectivity index (χ4n) is 1.96. The average molecular weight is 244 g/mol. The van der Waals surface area contributed by atoms with Gasteiger partial charge < -0.3 is 9.84 Å². The number of hydrogen-bond donors (Lipinski definition) is 1. The number of aliphatic hydroxyl groups excluding tert-OH is 1. The van der Waals surface area contributed by atoms with Crippen LogP contribution >= 0.6 is 0 Å². The van der Waals surface area contributed by atoms with Gasteiger partial charge in [-0.2, -0.15) is 0 Å². The molecule has 0 aromatic carbocycles. The molecule has 0 aliphatic heterocycles. The number of ether oxygens (including phenoxy) is 1. The molecule has 1 aliphatic rings. The van der Waals surface area contributed by atoms with Crippen molar-refractivity contribution >= 4 is 0 Å². The summed E-state index contributed by atoms with van der Waals surface area (Å²) in [6.07, 6.45) is 6.12. The minimum absolute atomic E-state index is 0.714. The third-order valence-electron chi connectivity index (χ3n) is 2.88. The van der Waals surface area contributed by atoms with E-state index in [1.165, 1.54) is 12.8 Å². The van der Waals surface area contributed by atoms with Gasteiger partial charge in [-0.05, 0) is 38.0 Å². The van der Waals surface area contributed by atoms with Crippen molar-refractivity contribution < 1.29 is 9.84 Å². The van der Waals surface area contributed by atoms with Crippen LogP contribution in [0.3, 0.4) is 0 Å². The first-order chi connectivity index (χ1) is 8.24. The normalized spacial score (nSPS) is 22.6. The third kappa shape index (κ3) is 9.37. The molecule has 17 heavy (non-hydrogen) atoms. The molecule has 2 atom stereocenters. The molecule has 0 radical (unpaired) electrons. The molecule has 0 saturated carbocycles. The number of hydrogen-bond acceptors (Lipinski definition) is 2. The van der Waals surface area contributed by atoms with Crippen LogP contribution in [-0.2, 0) is 4.74 Å². The van der Waals surface area contributed by atoms with Crippen LogP contribution in [0.4, 0.5) is 0 Å². The van der Waals surface area contributed by atoms with Gasteiger partial charge in [-0.15, -0.1) is 0 Å². The SMILES string of the molecule is CC.CCCOCC1CCC(C)=C[C@@H]1C.CO. The predicted molar refractivity (Wildman–Crippen MR) is 76.2 cm³/mol. The van der Waals surface area contributed by atoms with Gasteiger partial charge in [-0.3, -0.25) is 0 Å². The molecule has 1 N–H and O–H groups in total. The fourth-order valence-corrected chi connectivity index (χ4v) is 1.96. The first-order valence-corrected chi connectivity index (χ1v) is 6.93. The van der Waals surface area contributed by atoms with Gasteiger partial charge in [0.15, 0.2) is 0 Å². The van der Waals surface area contributed by atoms with Gasteiger partial charge in [0.2, 0.25) is 0 Å². The van der Waals surface area contributed by atoms with Crippen molar-refractivity contribution in [2.75, 3.05) is 20.3 Å². The number of rotatable bonds is 4. The second-order valence-electron chi connectivity index (χ2n) is 4.25. The van der Waals surface area contributed by atoms with Crippen molar-refractivity contribution in [2.24, 2.45) is 11.8 Å². The summed E-state index contributed by atoms with van der Waals surface area (Å²) in [5, 5.41) is 7.00. The van der Waals surface area contributed by atoms with E-state index in [4.69, 9.17) is 9.84 Å². The van der Waals surface area contributed by atoms with E-state index in [2.05, 4.69) is 26.8 Å². The second-order valence-corrected chi connectivity index (χ2v) is 4.25. The van der Waals surface area contributed by atoms with Crippen molar-refractivity contribution in [3.05, 3.63) is 11.6 Å². The monoisotopic (exact) mass is 244 g/mol. The zero-order chi connectivity index (χ0) is 13.7. The minimum atomic E-state index is 0.714. The zero-order valence-electron chi connectivity index (χ0n) is 12.6. The summed E-state index contributed by atoms with van der Waals surface area (Å²) in [6.45, 7) is 12.6. The Kier molecular flexibility index (Phi) is 15.3. The van der Waals surface area contributed by atoms with Crippen LogP contribution in [0.2, 0.25) is 0 Å². The Morgan fingerprint density at radius 1 is 1.35 bits per heavy atom. The van der Waals surface area contributed by atoms with Crippen LogP contribution in [0.5, 0.6) is 0 Å². The maximum absolute atomic E-state index is 7.00. The summed E-state index contributed by atoms with van der Waals surface area (Å²) < 4.78 is 5.60. The standard InChI is InChI=1S/C12H22O.C2H6.CH4O/c1-4-7-13-9-12-6-5-10(2)8-11(12)3;2*1-2/h8,11-12H,4-7,9H2,1-3H3;1-2H3;2H,1H3/t11-,12?;;/m0../s1. The van der Waals surface area contributed by atoms with E-state index in [1.807, 2.05) is 13.8 Å². The highest BCUT2D eigenvalue weighted by Crippen LogP contribution is 2.28. The van der Waals surface area contributed by atoms with Crippen LogP contribution in [-0.4, -0.2) is 25.4 Å². The molecule has 0 fully saturated rings. The van der Waals surface area contributed by atoms with E-state index >= 15 is 0 Å². The predicted octanol–water partition coefficient (Wildman–Crippen LogP) is 4.04. The first-order valence-electron chi connectivity index (χ1n) is 6.93. The van der Waals surface area contributed by atoms with Crippen molar-refractivity contribution in [2.45, 2.75) is 53.9 Å². The largest absolute Gasteiger partial charge is 0.400 e. The molecule has 0 spiro atoms. The summed E-state index contributed by atoms with van der Waals surface area (Å²) in [6, 6.07) is 0. The summed E-state index contributed by atoms with van der Waals surface area (Å²) in [7, 11) is 1.00. The number of allylic oxidation sites excluding steroid dienone is 2. The smallest absolute Gasteiger partial charge is 0.0499 e. The Hall–Kier alpha value is -0.340. The van der Waals surface area contributed by atoms with Gasteiger partial charge in [0.25, 0.3) is 0 Å². The molecule has 104 valence electrons. The topological polar surface area (TPSA) is 29.5 Å². The molecule has 2 nitrogen and oxygen atoms in total. The Balaban J connectivity index is 0. The molecular formula is C15H32O2. The Bertz CT molecular complexity index is 176. The highest BCUT2D eigenvalue weighted by atomic mass is 16.5. The lowest BCUT2D eigenvalue weighted by Crippen LogP contribution is -2.20. The van der Waals surface area contributed by atoms with Gasteiger partial charge in [0, 0.05) is 20.3 Å². The van der Waals surface area contributed by atoms with Crippen molar-refractivity contribution in [1.82, 2.24) is 0 Å². The van der Waals surface area contributed by atoms with Crippen LogP contribution in [0.1, 0.15) is 53.9 Å². The Labute approximate surface area is 108 Å². The average Bonchev–Trinajstić information content (AvgIpc) is 2.37. The van der Waals surface area contributed by atoms with E-state index in [1.54, 1.807) is 5.57 Å². The fraction of sp³-hybridized carbons (Fsp3) is 0.867. The molecule has 0 amide bonds. The zero-order valence-corrected chi connectivity index (χ0v) is 12.6. The molecule has 1 rings (SSSR count). The van der Waals surface area contributed by atoms with Gasteiger partial charge in [0.1, 0.15) is 0 Å². The maximum Gasteiger partial charge on any atom is 0.0499 e. The van der Waals surface area contributed by atoms with E-state index in [-0.39, 0.29) is 0 Å². The lowest BCUT2D eigenvalue weighted by Gasteiger charge is -2.26. The minimum Gasteiger partial charge on any atom is -0.400 e. The third-order valence-corrected chi connectivity index (χ3v) is 2.88. The van der Waals surface area contributed by atoms with Crippen LogP contribution in [0.15, 0.2) is 11.6 Å². The van der Waals surface area contributed by atoms with Gasteiger partial charge >= 0.3 is 0 Å². The summed E-state index contributed by atoms with van der Waals surface area (Å²) in [4.78, 5) is 0. The molecule has 2 heteroatoms. The van der Waals surface area contributed by atoms with Crippen molar-refractivity contribution in [1.29, 1.82) is 0 Å². The van der Waals surface area contributed by atoms with E-state index in [0.717, 1.165) is 32.7 Å². The number of aliphatic hydroxyl groups is 1.